The largest absolute Gasteiger partial charge is 0.509 e. The van der Waals surface area contributed by atoms with Crippen molar-refractivity contribution in [2.45, 2.75) is 59.2 Å². The van der Waals surface area contributed by atoms with Crippen molar-refractivity contribution in [3.8, 4) is 39.6 Å². The second-order valence-electron chi connectivity index (χ2n) is 20.0. The van der Waals surface area contributed by atoms with Crippen molar-refractivity contribution < 1.29 is 29.9 Å². The van der Waals surface area contributed by atoms with Crippen LogP contribution in [0.3, 0.4) is 0 Å². The van der Waals surface area contributed by atoms with Crippen molar-refractivity contribution in [3.05, 3.63) is 212 Å². The normalized spacial score (nSPS) is 13.7. The number of thiophene rings is 1. The predicted molar refractivity (Wildman–Crippen MR) is 290 cm³/mol. The molecule has 0 unspecified atom stereocenters. The average molecular weight is 1110 g/mol. The summed E-state index contributed by atoms with van der Waals surface area (Å²) in [7, 11) is 0. The summed E-state index contributed by atoms with van der Waals surface area (Å²) >= 11 is 1.81. The Balaban J connectivity index is 0.00000574. The summed E-state index contributed by atoms with van der Waals surface area (Å²) in [6.07, 6.45) is 1.68. The molecule has 0 saturated heterocycles. The van der Waals surface area contributed by atoms with Gasteiger partial charge in [-0.2, -0.15) is 12.1 Å². The Morgan fingerprint density at radius 3 is 2.06 bits per heavy atom. The third kappa shape index (κ3) is 7.97. The van der Waals surface area contributed by atoms with Gasteiger partial charge in [-0.15, -0.1) is 59.4 Å². The van der Waals surface area contributed by atoms with E-state index in [1.165, 1.54) is 31.3 Å². The molecule has 0 atom stereocenters. The number of nitrogens with zero attached hydrogens (tertiary/aromatic N) is 4. The molecule has 4 heterocycles. The van der Waals surface area contributed by atoms with E-state index in [4.69, 9.17) is 13.8 Å². The first-order valence-electron chi connectivity index (χ1n) is 24.9. The number of hydrogen-bond donors (Lipinski definition) is 0. The van der Waals surface area contributed by atoms with E-state index < -0.39 is 6.85 Å². The van der Waals surface area contributed by atoms with Gasteiger partial charge in [0.05, 0.1) is 0 Å². The van der Waals surface area contributed by atoms with Crippen molar-refractivity contribution in [3.63, 3.8) is 0 Å². The summed E-state index contributed by atoms with van der Waals surface area (Å²) in [5.41, 5.74) is 11.9. The molecule has 0 radical (unpaired) electrons. The fourth-order valence-electron chi connectivity index (χ4n) is 9.66. The van der Waals surface area contributed by atoms with Crippen LogP contribution in [-0.4, -0.2) is 9.55 Å². The van der Waals surface area contributed by atoms with E-state index in [1.54, 1.807) is 23.6 Å². The molecule has 1 aliphatic rings. The van der Waals surface area contributed by atoms with Crippen LogP contribution in [0.15, 0.2) is 176 Å². The molecule has 0 saturated carbocycles. The summed E-state index contributed by atoms with van der Waals surface area (Å²) in [6.45, 7) is 13.3. The molecule has 70 heavy (non-hydrogen) atoms. The Bertz CT molecular complexity index is 3890. The van der Waals surface area contributed by atoms with E-state index >= 15 is 0 Å². The van der Waals surface area contributed by atoms with Gasteiger partial charge in [0.2, 0.25) is 0 Å². The van der Waals surface area contributed by atoms with Crippen LogP contribution >= 0.6 is 11.3 Å². The summed E-state index contributed by atoms with van der Waals surface area (Å²) in [5.74, 6) is 1.47. The molecule has 0 bridgehead atoms. The van der Waals surface area contributed by atoms with Crippen molar-refractivity contribution in [2.24, 2.45) is 0 Å². The van der Waals surface area contributed by atoms with Crippen LogP contribution in [0.25, 0.3) is 70.0 Å². The third-order valence-corrected chi connectivity index (χ3v) is 14.6. The van der Waals surface area contributed by atoms with E-state index in [9.17, 15) is 0 Å². The molecule has 0 spiro atoms. The Morgan fingerprint density at radius 1 is 0.586 bits per heavy atom. The average Bonchev–Trinajstić information content (AvgIpc) is 4.05. The molecule has 348 valence electrons. The fourth-order valence-corrected chi connectivity index (χ4v) is 10.9. The molecular formula is C63H51N4OPtS-3. The van der Waals surface area contributed by atoms with Crippen LogP contribution in [0.2, 0.25) is 0 Å². The number of aromatic nitrogens is 2. The van der Waals surface area contributed by atoms with Gasteiger partial charge in [0, 0.05) is 91.2 Å². The van der Waals surface area contributed by atoms with Crippen LogP contribution in [0.5, 0.6) is 11.5 Å². The second kappa shape index (κ2) is 17.5. The molecule has 3 aromatic heterocycles. The molecule has 0 aliphatic carbocycles. The summed E-state index contributed by atoms with van der Waals surface area (Å²) in [4.78, 5) is 9.44. The first-order valence-corrected chi connectivity index (χ1v) is 24.2. The summed E-state index contributed by atoms with van der Waals surface area (Å²) in [5, 5.41) is 4.39. The zero-order valence-electron chi connectivity index (χ0n) is 42.7. The summed E-state index contributed by atoms with van der Waals surface area (Å²) in [6, 6.07) is 65.4. The van der Waals surface area contributed by atoms with Crippen LogP contribution < -0.4 is 14.5 Å². The van der Waals surface area contributed by atoms with Crippen LogP contribution in [0.4, 0.5) is 22.7 Å². The van der Waals surface area contributed by atoms with Gasteiger partial charge in [0.15, 0.2) is 0 Å². The molecular weight excluding hydrogens is 1060 g/mol. The standard InChI is InChI=1S/C63H51N4OS.Pt/c1-40-31-60(64-38-54(40)41-17-9-8-10-18-41)67-55-30-27-42(49-22-16-23-52-51-21-11-14-26-59(51)69-61(49)52)32-53(55)50-29-28-48(37-58(50)67)68-47-20-15-19-45(36-47)65-39-66(57-25-13-12-24-56(57)65)46-34-43(62(2,3)4)33-44(35-46)63(5,6)7;/h8-35,38-39H,1-7H3;/q-3;/i1D3;. The number of ether oxygens (including phenoxy) is 1. The van der Waals surface area contributed by atoms with Gasteiger partial charge in [0.1, 0.15) is 5.82 Å². The van der Waals surface area contributed by atoms with Crippen molar-refractivity contribution in [2.75, 3.05) is 9.80 Å². The molecule has 8 aromatic carbocycles. The second-order valence-corrected chi connectivity index (χ2v) is 21.1. The van der Waals surface area contributed by atoms with Gasteiger partial charge in [-0.05, 0) is 98.9 Å². The molecule has 5 nitrogen and oxygen atoms in total. The van der Waals surface area contributed by atoms with Crippen molar-refractivity contribution in [1.82, 2.24) is 9.55 Å². The Morgan fingerprint density at radius 2 is 1.29 bits per heavy atom. The van der Waals surface area contributed by atoms with E-state index in [0.717, 1.165) is 55.7 Å². The smallest absolute Gasteiger partial charge is 0.135 e. The van der Waals surface area contributed by atoms with E-state index in [1.807, 2.05) is 59.2 Å². The zero-order valence-corrected chi connectivity index (χ0v) is 42.8. The van der Waals surface area contributed by atoms with Gasteiger partial charge in [-0.1, -0.05) is 144 Å². The van der Waals surface area contributed by atoms with E-state index in [0.29, 0.717) is 28.4 Å². The van der Waals surface area contributed by atoms with Crippen molar-refractivity contribution >= 4 is 76.1 Å². The molecule has 12 rings (SSSR count). The SMILES string of the molecule is [2H]C([2H])([2H])c1cc(-n2c3[c-]c(Oc4[c-]c(N5[CH-]N(c6cc(C(C)(C)C)cc(C(C)(C)C)c6)c6ccccc65)ccc4)ccc3c3cc(-c4cccc5c4sc4ccccc45)ccc32)ncc1-c1ccccc1.[Pt]. The number of hydrogen-bond acceptors (Lipinski definition) is 5. The molecule has 0 amide bonds. The quantitative estimate of drug-likeness (QED) is 0.149. The number of pyridine rings is 1. The minimum absolute atomic E-state index is 0. The molecule has 11 aromatic rings. The third-order valence-electron chi connectivity index (χ3n) is 13.4. The predicted octanol–water partition coefficient (Wildman–Crippen LogP) is 17.6. The maximum Gasteiger partial charge on any atom is 0.135 e. The number of aryl methyl sites for hydroxylation is 1. The molecule has 0 fully saturated rings. The number of anilines is 4. The minimum Gasteiger partial charge on any atom is -0.509 e. The monoisotopic (exact) mass is 1110 g/mol. The Labute approximate surface area is 433 Å². The number of para-hydroxylation sites is 2. The van der Waals surface area contributed by atoms with E-state index in [2.05, 4.69) is 179 Å². The van der Waals surface area contributed by atoms with Crippen molar-refractivity contribution in [1.29, 1.82) is 0 Å². The fraction of sp³-hybridized carbons (Fsp3) is 0.143. The number of benzene rings is 8. The van der Waals surface area contributed by atoms with Gasteiger partial charge < -0.3 is 19.1 Å². The zero-order chi connectivity index (χ0) is 49.7. The Kier molecular flexibility index (Phi) is 10.5. The minimum atomic E-state index is -2.41. The Hall–Kier alpha value is -6.98. The maximum atomic E-state index is 8.69. The maximum absolute atomic E-state index is 8.69. The van der Waals surface area contributed by atoms with Gasteiger partial charge >= 0.3 is 0 Å². The molecule has 1 aliphatic heterocycles. The number of fused-ring (bicyclic) bond motifs is 7. The van der Waals surface area contributed by atoms with Gasteiger partial charge in [-0.25, -0.2) is 4.98 Å². The first kappa shape index (κ1) is 41.9. The van der Waals surface area contributed by atoms with Crippen LogP contribution in [0, 0.1) is 25.7 Å². The van der Waals surface area contributed by atoms with Crippen LogP contribution in [-0.2, 0) is 31.9 Å². The molecule has 7 heteroatoms. The molecule has 0 N–H and O–H groups in total. The summed E-state index contributed by atoms with van der Waals surface area (Å²) < 4.78 is 37.3. The van der Waals surface area contributed by atoms with Gasteiger partial charge in [-0.3, -0.25) is 0 Å². The first-order chi connectivity index (χ1) is 34.6. The van der Waals surface area contributed by atoms with Crippen LogP contribution in [0.1, 0.15) is 62.3 Å². The topological polar surface area (TPSA) is 33.5 Å². The van der Waals surface area contributed by atoms with Gasteiger partial charge in [0.25, 0.3) is 0 Å². The number of rotatable bonds is 7. The van der Waals surface area contributed by atoms with E-state index in [-0.39, 0.29) is 37.5 Å².